The summed E-state index contributed by atoms with van der Waals surface area (Å²) in [6.07, 6.45) is 3.97. The zero-order valence-electron chi connectivity index (χ0n) is 13.2. The first-order chi connectivity index (χ1) is 11.3. The van der Waals surface area contributed by atoms with Crippen molar-refractivity contribution < 1.29 is 0 Å². The molecule has 0 fully saturated rings. The second kappa shape index (κ2) is 7.10. The number of benzene rings is 2. The number of nitrogens with zero attached hydrogens (tertiary/aromatic N) is 1. The molecule has 23 heavy (non-hydrogen) atoms. The van der Waals surface area contributed by atoms with Crippen LogP contribution in [0.4, 0.5) is 0 Å². The number of rotatable bonds is 5. The van der Waals surface area contributed by atoms with Gasteiger partial charge in [0.1, 0.15) is 0 Å². The summed E-state index contributed by atoms with van der Waals surface area (Å²) in [7, 11) is 0. The third-order valence-electron chi connectivity index (χ3n) is 3.98. The van der Waals surface area contributed by atoms with E-state index in [-0.39, 0.29) is 11.5 Å². The average molecular weight is 302 g/mol. The molecule has 0 atom stereocenters. The number of aromatic nitrogens is 1. The molecule has 2 heteroatoms. The molecule has 0 N–H and O–H groups in total. The summed E-state index contributed by atoms with van der Waals surface area (Å²) in [6.45, 7) is 2.59. The molecule has 0 aliphatic carbocycles. The Balaban J connectivity index is 2.13. The van der Waals surface area contributed by atoms with Gasteiger partial charge in [-0.25, -0.2) is 0 Å². The standard InChI is InChI=1S/C21H20NO/c1-2-15-22-16-19(13-14-20(22)23)21(17-9-5-3-6-10-17)18-11-7-4-8-12-18/h2-14,16,21H,15H2,1H3. The van der Waals surface area contributed by atoms with Crippen LogP contribution in [0.25, 0.3) is 0 Å². The summed E-state index contributed by atoms with van der Waals surface area (Å²) in [4.78, 5) is 12.0. The van der Waals surface area contributed by atoms with E-state index in [4.69, 9.17) is 0 Å². The highest BCUT2D eigenvalue weighted by molar-refractivity contribution is 5.41. The lowest BCUT2D eigenvalue weighted by atomic mass is 9.86. The average Bonchev–Trinajstić information content (AvgIpc) is 2.60. The summed E-state index contributed by atoms with van der Waals surface area (Å²) in [5, 5.41) is 0. The van der Waals surface area contributed by atoms with Gasteiger partial charge in [0.05, 0.1) is 0 Å². The van der Waals surface area contributed by atoms with Crippen LogP contribution in [-0.2, 0) is 6.54 Å². The van der Waals surface area contributed by atoms with Gasteiger partial charge >= 0.3 is 0 Å². The largest absolute Gasteiger partial charge is 0.315 e. The van der Waals surface area contributed by atoms with E-state index < -0.39 is 0 Å². The number of pyridine rings is 1. The molecule has 0 saturated heterocycles. The first kappa shape index (κ1) is 15.3. The molecule has 0 amide bonds. The highest BCUT2D eigenvalue weighted by Crippen LogP contribution is 2.31. The van der Waals surface area contributed by atoms with Crippen molar-refractivity contribution in [3.63, 3.8) is 0 Å². The summed E-state index contributed by atoms with van der Waals surface area (Å²) in [5.74, 6) is 0.126. The molecule has 2 nitrogen and oxygen atoms in total. The van der Waals surface area contributed by atoms with E-state index in [1.54, 1.807) is 10.6 Å². The van der Waals surface area contributed by atoms with Crippen LogP contribution in [0.5, 0.6) is 0 Å². The maximum Gasteiger partial charge on any atom is 0.250 e. The van der Waals surface area contributed by atoms with Crippen molar-refractivity contribution >= 4 is 0 Å². The predicted molar refractivity (Wildman–Crippen MR) is 94.5 cm³/mol. The molecule has 1 aromatic heterocycles. The number of hydrogen-bond acceptors (Lipinski definition) is 1. The Kier molecular flexibility index (Phi) is 4.72. The Morgan fingerprint density at radius 1 is 0.826 bits per heavy atom. The van der Waals surface area contributed by atoms with Crippen LogP contribution in [0.15, 0.2) is 83.8 Å². The molecular weight excluding hydrogens is 282 g/mol. The van der Waals surface area contributed by atoms with Gasteiger partial charge in [-0.3, -0.25) is 4.79 Å². The van der Waals surface area contributed by atoms with Gasteiger partial charge in [-0.15, -0.1) is 0 Å². The first-order valence-electron chi connectivity index (χ1n) is 7.87. The minimum absolute atomic E-state index is 0.0340. The number of hydrogen-bond donors (Lipinski definition) is 0. The first-order valence-corrected chi connectivity index (χ1v) is 7.87. The smallest absolute Gasteiger partial charge is 0.250 e. The van der Waals surface area contributed by atoms with E-state index in [2.05, 4.69) is 48.5 Å². The van der Waals surface area contributed by atoms with E-state index in [0.29, 0.717) is 6.54 Å². The molecule has 2 aromatic carbocycles. The summed E-state index contributed by atoms with van der Waals surface area (Å²) >= 11 is 0. The van der Waals surface area contributed by atoms with Crippen LogP contribution < -0.4 is 5.56 Å². The van der Waals surface area contributed by atoms with Crippen molar-refractivity contribution in [3.8, 4) is 0 Å². The van der Waals surface area contributed by atoms with Gasteiger partial charge in [0.25, 0.3) is 5.56 Å². The third kappa shape index (κ3) is 3.42. The Labute approximate surface area is 137 Å². The lowest BCUT2D eigenvalue weighted by Crippen LogP contribution is -2.20. The molecule has 3 aromatic rings. The maximum absolute atomic E-state index is 12.0. The third-order valence-corrected chi connectivity index (χ3v) is 3.98. The lowest BCUT2D eigenvalue weighted by Gasteiger charge is -2.20. The summed E-state index contributed by atoms with van der Waals surface area (Å²) in [6, 6.07) is 24.4. The normalized spacial score (nSPS) is 10.9. The maximum atomic E-state index is 12.0. The Bertz CT molecular complexity index is 767. The van der Waals surface area contributed by atoms with Gasteiger partial charge in [0, 0.05) is 24.7 Å². The van der Waals surface area contributed by atoms with Crippen molar-refractivity contribution in [3.05, 3.63) is 112 Å². The van der Waals surface area contributed by atoms with Crippen molar-refractivity contribution in [1.29, 1.82) is 0 Å². The molecule has 1 radical (unpaired) electrons. The minimum atomic E-state index is 0.0340. The molecule has 0 aliphatic heterocycles. The van der Waals surface area contributed by atoms with Crippen LogP contribution in [0.2, 0.25) is 0 Å². The van der Waals surface area contributed by atoms with Crippen molar-refractivity contribution in [2.24, 2.45) is 0 Å². The Morgan fingerprint density at radius 3 is 1.91 bits per heavy atom. The Morgan fingerprint density at radius 2 is 1.39 bits per heavy atom. The van der Waals surface area contributed by atoms with Crippen LogP contribution in [0.1, 0.15) is 29.5 Å². The fourth-order valence-corrected chi connectivity index (χ4v) is 2.93. The SMILES string of the molecule is C[CH]Cn1cc(C(c2ccccc2)c2ccccc2)ccc1=O. The molecule has 0 aliphatic rings. The molecule has 1 heterocycles. The molecule has 0 unspecified atom stereocenters. The van der Waals surface area contributed by atoms with Crippen LogP contribution in [-0.4, -0.2) is 4.57 Å². The fraction of sp³-hybridized carbons (Fsp3) is 0.143. The summed E-state index contributed by atoms with van der Waals surface area (Å²) in [5.41, 5.74) is 3.62. The second-order valence-electron chi connectivity index (χ2n) is 5.62. The zero-order chi connectivity index (χ0) is 16.1. The van der Waals surface area contributed by atoms with Crippen molar-refractivity contribution in [2.75, 3.05) is 0 Å². The molecule has 115 valence electrons. The van der Waals surface area contributed by atoms with Crippen LogP contribution in [0.3, 0.4) is 0 Å². The van der Waals surface area contributed by atoms with Gasteiger partial charge < -0.3 is 4.57 Å². The van der Waals surface area contributed by atoms with Crippen molar-refractivity contribution in [2.45, 2.75) is 19.4 Å². The molecule has 0 spiro atoms. The molecule has 3 rings (SSSR count). The second-order valence-corrected chi connectivity index (χ2v) is 5.62. The van der Waals surface area contributed by atoms with Gasteiger partial charge in [-0.2, -0.15) is 0 Å². The van der Waals surface area contributed by atoms with E-state index in [1.165, 1.54) is 11.1 Å². The fourth-order valence-electron chi connectivity index (χ4n) is 2.93. The molecular formula is C21H20NO. The monoisotopic (exact) mass is 302 g/mol. The topological polar surface area (TPSA) is 22.0 Å². The quantitative estimate of drug-likeness (QED) is 0.690. The summed E-state index contributed by atoms with van der Waals surface area (Å²) < 4.78 is 1.76. The van der Waals surface area contributed by atoms with E-state index in [1.807, 2.05) is 37.7 Å². The van der Waals surface area contributed by atoms with Crippen LogP contribution >= 0.6 is 0 Å². The Hall–Kier alpha value is -2.61. The van der Waals surface area contributed by atoms with Gasteiger partial charge in [0.2, 0.25) is 0 Å². The highest BCUT2D eigenvalue weighted by Gasteiger charge is 2.17. The van der Waals surface area contributed by atoms with Crippen molar-refractivity contribution in [1.82, 2.24) is 4.57 Å². The van der Waals surface area contributed by atoms with Crippen LogP contribution in [0, 0.1) is 6.42 Å². The van der Waals surface area contributed by atoms with E-state index in [9.17, 15) is 4.79 Å². The van der Waals surface area contributed by atoms with Gasteiger partial charge in [-0.1, -0.05) is 73.7 Å². The highest BCUT2D eigenvalue weighted by atomic mass is 16.1. The molecule has 0 saturated carbocycles. The minimum Gasteiger partial charge on any atom is -0.315 e. The predicted octanol–water partition coefficient (Wildman–Crippen LogP) is 4.25. The lowest BCUT2D eigenvalue weighted by molar-refractivity contribution is 0.729. The van der Waals surface area contributed by atoms with Gasteiger partial charge in [-0.05, 0) is 23.1 Å². The van der Waals surface area contributed by atoms with Gasteiger partial charge in [0.15, 0.2) is 0 Å². The zero-order valence-corrected chi connectivity index (χ0v) is 13.2. The van der Waals surface area contributed by atoms with E-state index >= 15 is 0 Å². The van der Waals surface area contributed by atoms with E-state index in [0.717, 1.165) is 5.56 Å². The molecule has 0 bridgehead atoms.